The molecule has 1 aromatic rings. The minimum atomic E-state index is -2.67. The maximum absolute atomic E-state index is 13.3. The quantitative estimate of drug-likeness (QED) is 0.919. The maximum atomic E-state index is 13.3. The number of hydrogen-bond donors (Lipinski definition) is 1. The van der Waals surface area contributed by atoms with Crippen molar-refractivity contribution in [2.45, 2.75) is 24.2 Å². The molecule has 0 aliphatic heterocycles. The second-order valence-corrected chi connectivity index (χ2v) is 5.76. The normalized spacial score (nSPS) is 19.4. The molecule has 6 heteroatoms. The lowest BCUT2D eigenvalue weighted by molar-refractivity contribution is -0.125. The molecule has 1 aromatic carbocycles. The first kappa shape index (κ1) is 14.2. The van der Waals surface area contributed by atoms with E-state index in [9.17, 15) is 13.6 Å². The molecule has 1 amide bonds. The number of amides is 1. The van der Waals surface area contributed by atoms with Gasteiger partial charge in [0, 0.05) is 29.3 Å². The summed E-state index contributed by atoms with van der Waals surface area (Å²) < 4.78 is 31.9. The first-order valence-electron chi connectivity index (χ1n) is 5.83. The molecule has 0 aromatic heterocycles. The Morgan fingerprint density at radius 2 is 2.16 bits per heavy atom. The van der Waals surface area contributed by atoms with Gasteiger partial charge in [-0.25, -0.2) is 13.6 Å². The van der Waals surface area contributed by atoms with Crippen molar-refractivity contribution in [2.75, 3.05) is 13.7 Å². The number of hydrogen-bond acceptors (Lipinski definition) is 2. The molecule has 104 valence electrons. The van der Waals surface area contributed by atoms with E-state index in [0.29, 0.717) is 0 Å². The number of rotatable bonds is 3. The van der Waals surface area contributed by atoms with Gasteiger partial charge in [0.15, 0.2) is 0 Å². The SMILES string of the molecule is COC(=O)NCC1(c2cccc(Br)c2)CC(F)(F)C1. The summed E-state index contributed by atoms with van der Waals surface area (Å²) in [5.41, 5.74) is 0.0748. The molecule has 1 aliphatic carbocycles. The topological polar surface area (TPSA) is 38.3 Å². The highest BCUT2D eigenvalue weighted by Crippen LogP contribution is 2.53. The number of alkyl halides is 2. The number of carbonyl (C=O) groups excluding carboxylic acids is 1. The highest BCUT2D eigenvalue weighted by atomic mass is 79.9. The van der Waals surface area contributed by atoms with E-state index in [0.717, 1.165) is 10.0 Å². The number of ether oxygens (including phenoxy) is 1. The minimum absolute atomic E-state index is 0.145. The van der Waals surface area contributed by atoms with Crippen LogP contribution in [0.3, 0.4) is 0 Å². The summed E-state index contributed by atoms with van der Waals surface area (Å²) >= 11 is 3.33. The van der Waals surface area contributed by atoms with Gasteiger partial charge in [-0.15, -0.1) is 0 Å². The summed E-state index contributed by atoms with van der Waals surface area (Å²) in [4.78, 5) is 11.1. The van der Waals surface area contributed by atoms with Crippen molar-refractivity contribution in [3.05, 3.63) is 34.3 Å². The van der Waals surface area contributed by atoms with Crippen LogP contribution in [0.2, 0.25) is 0 Å². The van der Waals surface area contributed by atoms with Crippen LogP contribution in [0, 0.1) is 0 Å². The number of methoxy groups -OCH3 is 1. The molecular formula is C13H14BrF2NO2. The molecule has 0 heterocycles. The van der Waals surface area contributed by atoms with Crippen LogP contribution in [-0.2, 0) is 10.2 Å². The lowest BCUT2D eigenvalue weighted by atomic mass is 9.62. The van der Waals surface area contributed by atoms with Gasteiger partial charge in [-0.2, -0.15) is 0 Å². The lowest BCUT2D eigenvalue weighted by Gasteiger charge is -2.47. The van der Waals surface area contributed by atoms with Crippen molar-refractivity contribution in [3.63, 3.8) is 0 Å². The van der Waals surface area contributed by atoms with Gasteiger partial charge in [0.25, 0.3) is 0 Å². The third-order valence-electron chi connectivity index (χ3n) is 3.39. The van der Waals surface area contributed by atoms with E-state index < -0.39 is 17.4 Å². The van der Waals surface area contributed by atoms with Gasteiger partial charge in [-0.05, 0) is 17.7 Å². The van der Waals surface area contributed by atoms with Gasteiger partial charge in [0.05, 0.1) is 7.11 Å². The van der Waals surface area contributed by atoms with Gasteiger partial charge in [0.2, 0.25) is 5.92 Å². The Bertz CT molecular complexity index is 485. The summed E-state index contributed by atoms with van der Waals surface area (Å²) in [6, 6.07) is 7.25. The molecule has 0 saturated heterocycles. The third-order valence-corrected chi connectivity index (χ3v) is 3.88. The maximum Gasteiger partial charge on any atom is 0.406 e. The summed E-state index contributed by atoms with van der Waals surface area (Å²) in [5.74, 6) is -2.67. The fourth-order valence-corrected chi connectivity index (χ4v) is 2.90. The highest BCUT2D eigenvalue weighted by Gasteiger charge is 2.57. The molecule has 0 unspecified atom stereocenters. The van der Waals surface area contributed by atoms with Crippen LogP contribution in [-0.4, -0.2) is 25.7 Å². The number of carbonyl (C=O) groups is 1. The molecule has 2 rings (SSSR count). The smallest absolute Gasteiger partial charge is 0.406 e. The van der Waals surface area contributed by atoms with E-state index in [4.69, 9.17) is 0 Å². The van der Waals surface area contributed by atoms with Crippen LogP contribution < -0.4 is 5.32 Å². The molecular weight excluding hydrogens is 320 g/mol. The molecule has 19 heavy (non-hydrogen) atoms. The van der Waals surface area contributed by atoms with Crippen LogP contribution >= 0.6 is 15.9 Å². The van der Waals surface area contributed by atoms with Crippen molar-refractivity contribution in [1.82, 2.24) is 5.32 Å². The Labute approximate surface area is 118 Å². The first-order chi connectivity index (χ1) is 8.87. The monoisotopic (exact) mass is 333 g/mol. The zero-order chi connectivity index (χ0) is 14.1. The average Bonchev–Trinajstić information content (AvgIpc) is 2.33. The molecule has 1 N–H and O–H groups in total. The molecule has 1 aliphatic rings. The van der Waals surface area contributed by atoms with Crippen LogP contribution in [0.25, 0.3) is 0 Å². The summed E-state index contributed by atoms with van der Waals surface area (Å²) in [6.45, 7) is 0.145. The molecule has 0 radical (unpaired) electrons. The third kappa shape index (κ3) is 3.05. The average molecular weight is 334 g/mol. The van der Waals surface area contributed by atoms with E-state index in [1.165, 1.54) is 7.11 Å². The Morgan fingerprint density at radius 1 is 1.47 bits per heavy atom. The Kier molecular flexibility index (Phi) is 3.80. The predicted octanol–water partition coefficient (Wildman–Crippen LogP) is 3.47. The van der Waals surface area contributed by atoms with Gasteiger partial charge in [-0.3, -0.25) is 0 Å². The molecule has 1 fully saturated rings. The van der Waals surface area contributed by atoms with Gasteiger partial charge in [-0.1, -0.05) is 28.1 Å². The van der Waals surface area contributed by atoms with Crippen LogP contribution in [0.4, 0.5) is 13.6 Å². The Morgan fingerprint density at radius 3 is 2.68 bits per heavy atom. The van der Waals surface area contributed by atoms with Crippen LogP contribution in [0.15, 0.2) is 28.7 Å². The molecule has 0 spiro atoms. The van der Waals surface area contributed by atoms with E-state index in [1.54, 1.807) is 12.1 Å². The van der Waals surface area contributed by atoms with Crippen molar-refractivity contribution < 1.29 is 18.3 Å². The zero-order valence-electron chi connectivity index (χ0n) is 10.4. The van der Waals surface area contributed by atoms with Crippen molar-refractivity contribution in [3.8, 4) is 0 Å². The second-order valence-electron chi connectivity index (χ2n) is 4.85. The number of nitrogens with one attached hydrogen (secondary N) is 1. The molecule has 1 saturated carbocycles. The number of alkyl carbamates (subject to hydrolysis) is 1. The predicted molar refractivity (Wildman–Crippen MR) is 70.4 cm³/mol. The standard InChI is InChI=1S/C13H14BrF2NO2/c1-19-11(18)17-8-12(6-13(15,16)7-12)9-3-2-4-10(14)5-9/h2-5H,6-8H2,1H3,(H,17,18). The lowest BCUT2D eigenvalue weighted by Crippen LogP contribution is -2.55. The van der Waals surface area contributed by atoms with Crippen molar-refractivity contribution in [2.24, 2.45) is 0 Å². The van der Waals surface area contributed by atoms with Crippen molar-refractivity contribution >= 4 is 22.0 Å². The molecule has 3 nitrogen and oxygen atoms in total. The van der Waals surface area contributed by atoms with Gasteiger partial charge in [0.1, 0.15) is 0 Å². The molecule has 0 atom stereocenters. The zero-order valence-corrected chi connectivity index (χ0v) is 12.0. The Hall–Kier alpha value is -1.17. The van der Waals surface area contributed by atoms with Gasteiger partial charge < -0.3 is 10.1 Å². The van der Waals surface area contributed by atoms with Crippen LogP contribution in [0.5, 0.6) is 0 Å². The number of benzene rings is 1. The van der Waals surface area contributed by atoms with Gasteiger partial charge >= 0.3 is 6.09 Å². The van der Waals surface area contributed by atoms with Crippen LogP contribution in [0.1, 0.15) is 18.4 Å². The fourth-order valence-electron chi connectivity index (χ4n) is 2.50. The summed E-state index contributed by atoms with van der Waals surface area (Å²) in [6.07, 6.45) is -1.13. The summed E-state index contributed by atoms with van der Waals surface area (Å²) in [7, 11) is 1.25. The minimum Gasteiger partial charge on any atom is -0.453 e. The highest BCUT2D eigenvalue weighted by molar-refractivity contribution is 9.10. The number of halogens is 3. The molecule has 0 bridgehead atoms. The Balaban J connectivity index is 2.19. The second kappa shape index (κ2) is 5.07. The largest absolute Gasteiger partial charge is 0.453 e. The first-order valence-corrected chi connectivity index (χ1v) is 6.62. The van der Waals surface area contributed by atoms with E-state index in [2.05, 4.69) is 26.0 Å². The van der Waals surface area contributed by atoms with Crippen molar-refractivity contribution in [1.29, 1.82) is 0 Å². The van der Waals surface area contributed by atoms with E-state index in [-0.39, 0.29) is 19.4 Å². The fraction of sp³-hybridized carbons (Fsp3) is 0.462. The van der Waals surface area contributed by atoms with E-state index >= 15 is 0 Å². The van der Waals surface area contributed by atoms with E-state index in [1.807, 2.05) is 12.1 Å². The summed E-state index contributed by atoms with van der Waals surface area (Å²) in [5, 5.41) is 2.52.